The number of nitrogens with two attached hydrogens (primary N) is 1. The molecule has 2 fully saturated rings. The Morgan fingerprint density at radius 3 is 2.62 bits per heavy atom. The summed E-state index contributed by atoms with van der Waals surface area (Å²) < 4.78 is 17.7. The van der Waals surface area contributed by atoms with Crippen LogP contribution in [0.4, 0.5) is 0 Å². The second kappa shape index (κ2) is 12.3. The summed E-state index contributed by atoms with van der Waals surface area (Å²) >= 11 is 0. The molecule has 2 aliphatic rings. The van der Waals surface area contributed by atoms with Crippen LogP contribution >= 0.6 is 0 Å². The smallest absolute Gasteiger partial charge is 0.309 e. The fourth-order valence-corrected chi connectivity index (χ4v) is 6.02. The molecule has 2 aromatic rings. The molecule has 9 nitrogen and oxygen atoms in total. The maximum absolute atomic E-state index is 13.8. The molecular weight excluding hydrogens is 512 g/mol. The summed E-state index contributed by atoms with van der Waals surface area (Å²) in [5.41, 5.74) is 6.07. The van der Waals surface area contributed by atoms with Crippen LogP contribution in [0.15, 0.2) is 22.6 Å². The molecule has 0 radical (unpaired) electrons. The van der Waals surface area contributed by atoms with Gasteiger partial charge >= 0.3 is 5.97 Å². The van der Waals surface area contributed by atoms with Gasteiger partial charge in [-0.25, -0.2) is 4.98 Å². The normalized spacial score (nSPS) is 33.9. The highest BCUT2D eigenvalue weighted by atomic mass is 16.6. The van der Waals surface area contributed by atoms with E-state index in [1.165, 1.54) is 0 Å². The van der Waals surface area contributed by atoms with Crippen molar-refractivity contribution in [1.82, 2.24) is 4.98 Å². The van der Waals surface area contributed by atoms with E-state index in [0.717, 1.165) is 37.7 Å². The molecule has 4 N–H and O–H groups in total. The summed E-state index contributed by atoms with van der Waals surface area (Å²) in [6.45, 7) is 9.59. The van der Waals surface area contributed by atoms with Crippen molar-refractivity contribution in [3.05, 3.63) is 29.7 Å². The van der Waals surface area contributed by atoms with Crippen LogP contribution in [0.1, 0.15) is 104 Å². The Bertz CT molecular complexity index is 1190. The van der Waals surface area contributed by atoms with E-state index in [4.69, 9.17) is 19.6 Å². The zero-order valence-corrected chi connectivity index (χ0v) is 24.5. The van der Waals surface area contributed by atoms with Crippen molar-refractivity contribution < 1.29 is 33.7 Å². The number of rotatable bonds is 5. The number of carbonyl (C=O) groups is 2. The SMILES string of the molecule is CCCC[C@H]1C(=O)C(C)(C)C(O)CC(=O)OC(c2ccc3oc(CN)nc3c2)CC2O[C@]2(C)CCC[C@H](C)[C@@H]1O. The number of hydrogen-bond donors (Lipinski definition) is 3. The number of hydrogen-bond acceptors (Lipinski definition) is 9. The summed E-state index contributed by atoms with van der Waals surface area (Å²) in [4.78, 5) is 31.4. The van der Waals surface area contributed by atoms with E-state index in [2.05, 4.69) is 11.9 Å². The molecule has 0 amide bonds. The number of nitrogens with zero attached hydrogens (tertiary/aromatic N) is 1. The van der Waals surface area contributed by atoms with Gasteiger partial charge in [0.25, 0.3) is 0 Å². The van der Waals surface area contributed by atoms with Crippen LogP contribution in [-0.2, 0) is 25.6 Å². The van der Waals surface area contributed by atoms with Crippen LogP contribution < -0.4 is 5.73 Å². The predicted octanol–water partition coefficient (Wildman–Crippen LogP) is 4.75. The third-order valence-electron chi connectivity index (χ3n) is 9.10. The van der Waals surface area contributed by atoms with Gasteiger partial charge in [0.2, 0.25) is 5.89 Å². The maximum atomic E-state index is 13.8. The molecule has 0 aliphatic carbocycles. The topological polar surface area (TPSA) is 148 Å². The zero-order chi connectivity index (χ0) is 29.2. The summed E-state index contributed by atoms with van der Waals surface area (Å²) in [5, 5.41) is 22.4. The number of aromatic nitrogens is 1. The van der Waals surface area contributed by atoms with Crippen molar-refractivity contribution in [2.75, 3.05) is 0 Å². The minimum atomic E-state index is -1.26. The number of oxazole rings is 1. The van der Waals surface area contributed by atoms with Crippen LogP contribution in [0.5, 0.6) is 0 Å². The number of aliphatic hydroxyl groups is 2. The molecule has 0 bridgehead atoms. The molecule has 222 valence electrons. The number of Topliss-reactive ketones (excluding diaryl/α,β-unsaturated/α-hetero) is 1. The zero-order valence-electron chi connectivity index (χ0n) is 24.5. The maximum Gasteiger partial charge on any atom is 0.309 e. The number of ether oxygens (including phenoxy) is 2. The van der Waals surface area contributed by atoms with Gasteiger partial charge in [0, 0.05) is 12.3 Å². The van der Waals surface area contributed by atoms with Crippen molar-refractivity contribution >= 4 is 22.9 Å². The highest BCUT2D eigenvalue weighted by molar-refractivity contribution is 5.88. The first-order chi connectivity index (χ1) is 18.9. The fourth-order valence-electron chi connectivity index (χ4n) is 6.02. The molecule has 2 saturated heterocycles. The number of fused-ring (bicyclic) bond motifs is 2. The number of ketones is 1. The van der Waals surface area contributed by atoms with Crippen LogP contribution in [0.3, 0.4) is 0 Å². The molecule has 40 heavy (non-hydrogen) atoms. The summed E-state index contributed by atoms with van der Waals surface area (Å²) in [5.74, 6) is -1.09. The van der Waals surface area contributed by atoms with Crippen LogP contribution in [0.25, 0.3) is 11.1 Å². The van der Waals surface area contributed by atoms with E-state index in [9.17, 15) is 19.8 Å². The lowest BCUT2D eigenvalue weighted by atomic mass is 9.71. The third kappa shape index (κ3) is 6.59. The first-order valence-corrected chi connectivity index (χ1v) is 14.8. The number of esters is 1. The number of aliphatic hydroxyl groups excluding tert-OH is 2. The molecule has 0 spiro atoms. The number of unbranched alkanes of at least 4 members (excludes halogenated alkanes) is 1. The van der Waals surface area contributed by atoms with E-state index in [1.807, 2.05) is 26.0 Å². The van der Waals surface area contributed by atoms with Crippen molar-refractivity contribution in [1.29, 1.82) is 0 Å². The molecule has 4 rings (SSSR count). The van der Waals surface area contributed by atoms with Crippen molar-refractivity contribution in [2.45, 2.75) is 123 Å². The number of cyclic esters (lactones) is 1. The van der Waals surface area contributed by atoms with Gasteiger partial charge < -0.3 is 29.8 Å². The summed E-state index contributed by atoms with van der Waals surface area (Å²) in [6, 6.07) is 5.46. The number of epoxide rings is 1. The quantitative estimate of drug-likeness (QED) is 0.349. The van der Waals surface area contributed by atoms with Gasteiger partial charge in [-0.1, -0.05) is 53.0 Å². The lowest BCUT2D eigenvalue weighted by Gasteiger charge is -2.36. The first kappa shape index (κ1) is 30.6. The Labute approximate surface area is 236 Å². The molecule has 9 heteroatoms. The Balaban J connectivity index is 1.62. The lowest BCUT2D eigenvalue weighted by Crippen LogP contribution is -2.46. The van der Waals surface area contributed by atoms with E-state index in [0.29, 0.717) is 29.8 Å². The highest BCUT2D eigenvalue weighted by Gasteiger charge is 2.53. The Morgan fingerprint density at radius 2 is 1.93 bits per heavy atom. The first-order valence-electron chi connectivity index (χ1n) is 14.8. The number of benzene rings is 1. The monoisotopic (exact) mass is 558 g/mol. The van der Waals surface area contributed by atoms with Gasteiger partial charge in [0.15, 0.2) is 5.58 Å². The van der Waals surface area contributed by atoms with E-state index in [-0.39, 0.29) is 36.4 Å². The summed E-state index contributed by atoms with van der Waals surface area (Å²) in [7, 11) is 0. The molecule has 1 aromatic heterocycles. The van der Waals surface area contributed by atoms with E-state index < -0.39 is 35.6 Å². The average Bonchev–Trinajstić information content (AvgIpc) is 3.35. The second-order valence-corrected chi connectivity index (χ2v) is 12.6. The standard InChI is InChI=1S/C31H46N2O7/c1-6-7-10-20-28(36)18(2)9-8-13-31(5)25(40-31)15-23(39-27(35)16-24(34)30(3,4)29(20)37)19-11-12-22-21(14-19)33-26(17-32)38-22/h11-12,14,18,20,23-25,28,34,36H,6-10,13,15-17,32H2,1-5H3/t18-,20+,23?,24?,25?,28-,31+/m0/s1. The van der Waals surface area contributed by atoms with Gasteiger partial charge in [0.1, 0.15) is 17.4 Å². The molecule has 3 heterocycles. The van der Waals surface area contributed by atoms with Gasteiger partial charge in [-0.2, -0.15) is 0 Å². The van der Waals surface area contributed by atoms with Gasteiger partial charge in [-0.05, 0) is 49.8 Å². The molecule has 3 unspecified atom stereocenters. The van der Waals surface area contributed by atoms with Gasteiger partial charge in [-0.15, -0.1) is 0 Å². The Hall–Kier alpha value is -2.33. The second-order valence-electron chi connectivity index (χ2n) is 12.6. The minimum Gasteiger partial charge on any atom is -0.457 e. The molecule has 0 saturated carbocycles. The van der Waals surface area contributed by atoms with Crippen molar-refractivity contribution in [2.24, 2.45) is 23.0 Å². The Kier molecular flexibility index (Phi) is 9.39. The van der Waals surface area contributed by atoms with Gasteiger partial charge in [0.05, 0.1) is 42.3 Å². The van der Waals surface area contributed by atoms with Gasteiger partial charge in [-0.3, -0.25) is 9.59 Å². The Morgan fingerprint density at radius 1 is 1.18 bits per heavy atom. The van der Waals surface area contributed by atoms with Crippen molar-refractivity contribution in [3.8, 4) is 0 Å². The van der Waals surface area contributed by atoms with Crippen LogP contribution in [0.2, 0.25) is 0 Å². The molecule has 7 atom stereocenters. The molecule has 2 aliphatic heterocycles. The lowest BCUT2D eigenvalue weighted by molar-refractivity contribution is -0.156. The highest BCUT2D eigenvalue weighted by Crippen LogP contribution is 2.47. The molecule has 1 aromatic carbocycles. The summed E-state index contributed by atoms with van der Waals surface area (Å²) in [6.07, 6.45) is 1.93. The van der Waals surface area contributed by atoms with E-state index >= 15 is 0 Å². The molecular formula is C31H46N2O7. The third-order valence-corrected chi connectivity index (χ3v) is 9.10. The average molecular weight is 559 g/mol. The predicted molar refractivity (Wildman–Crippen MR) is 150 cm³/mol. The van der Waals surface area contributed by atoms with Crippen LogP contribution in [-0.4, -0.2) is 50.9 Å². The van der Waals surface area contributed by atoms with E-state index in [1.54, 1.807) is 19.9 Å². The largest absolute Gasteiger partial charge is 0.457 e. The van der Waals surface area contributed by atoms with Crippen LogP contribution in [0, 0.1) is 17.3 Å². The number of carbonyl (C=O) groups excluding carboxylic acids is 2. The van der Waals surface area contributed by atoms with Crippen molar-refractivity contribution in [3.63, 3.8) is 0 Å². The fraction of sp³-hybridized carbons (Fsp3) is 0.710. The minimum absolute atomic E-state index is 0.0854.